The van der Waals surface area contributed by atoms with E-state index in [4.69, 9.17) is 4.74 Å². The number of nitrogens with zero attached hydrogens (tertiary/aromatic N) is 1. The van der Waals surface area contributed by atoms with Crippen LogP contribution in [0.4, 0.5) is 4.39 Å². The number of pyridine rings is 1. The monoisotopic (exact) mass is 421 g/mol. The molecule has 1 aromatic heterocycles. The summed E-state index contributed by atoms with van der Waals surface area (Å²) in [5.41, 5.74) is 0.401. The third kappa shape index (κ3) is 3.66. The van der Waals surface area contributed by atoms with Gasteiger partial charge in [0.1, 0.15) is 0 Å². The quantitative estimate of drug-likeness (QED) is 0.428. The second-order valence-corrected chi connectivity index (χ2v) is 9.19. The number of sulfone groups is 1. The standard InChI is InChI=1S/C24H20FNO3S/c1-30(27,28)24(25,21-11-3-2-4-12-21)23(29-22-13-7-8-16-26-22)20-15-14-18-9-5-6-10-19(18)17-20/h2-17,23H,1H3/t23-,24-/m0/s1. The van der Waals surface area contributed by atoms with E-state index in [1.165, 1.54) is 18.3 Å². The second kappa shape index (κ2) is 7.88. The molecule has 0 aliphatic rings. The average Bonchev–Trinajstić information content (AvgIpc) is 2.77. The van der Waals surface area contributed by atoms with Gasteiger partial charge in [-0.1, -0.05) is 72.8 Å². The molecule has 0 saturated carbocycles. The Bertz CT molecular complexity index is 1260. The van der Waals surface area contributed by atoms with Gasteiger partial charge in [0.05, 0.1) is 0 Å². The highest BCUT2D eigenvalue weighted by Crippen LogP contribution is 2.46. The van der Waals surface area contributed by atoms with Gasteiger partial charge >= 0.3 is 0 Å². The highest BCUT2D eigenvalue weighted by molar-refractivity contribution is 7.91. The molecule has 0 N–H and O–H groups in total. The van der Waals surface area contributed by atoms with Crippen LogP contribution in [0, 0.1) is 0 Å². The van der Waals surface area contributed by atoms with Crippen LogP contribution < -0.4 is 4.74 Å². The number of benzene rings is 3. The first kappa shape index (κ1) is 20.0. The second-order valence-electron chi connectivity index (χ2n) is 7.06. The van der Waals surface area contributed by atoms with Crippen LogP contribution in [-0.2, 0) is 14.8 Å². The highest BCUT2D eigenvalue weighted by atomic mass is 32.2. The summed E-state index contributed by atoms with van der Waals surface area (Å²) in [6, 6.07) is 25.7. The Balaban J connectivity index is 1.95. The van der Waals surface area contributed by atoms with Crippen molar-refractivity contribution in [1.29, 1.82) is 0 Å². The van der Waals surface area contributed by atoms with Crippen LogP contribution in [0.2, 0.25) is 0 Å². The molecule has 0 unspecified atom stereocenters. The van der Waals surface area contributed by atoms with Crippen molar-refractivity contribution >= 4 is 20.6 Å². The molecule has 152 valence electrons. The van der Waals surface area contributed by atoms with Crippen molar-refractivity contribution in [1.82, 2.24) is 4.98 Å². The van der Waals surface area contributed by atoms with Crippen LogP contribution in [-0.4, -0.2) is 19.7 Å². The topological polar surface area (TPSA) is 56.3 Å². The van der Waals surface area contributed by atoms with E-state index >= 15 is 4.39 Å². The fraction of sp³-hybridized carbons (Fsp3) is 0.125. The fourth-order valence-corrected chi connectivity index (χ4v) is 4.63. The number of ether oxygens (including phenoxy) is 1. The van der Waals surface area contributed by atoms with Crippen LogP contribution in [0.3, 0.4) is 0 Å². The lowest BCUT2D eigenvalue weighted by Gasteiger charge is -2.33. The molecule has 0 fully saturated rings. The molecule has 2 atom stereocenters. The van der Waals surface area contributed by atoms with Crippen molar-refractivity contribution in [3.63, 3.8) is 0 Å². The molecule has 0 bridgehead atoms. The number of hydrogen-bond acceptors (Lipinski definition) is 4. The zero-order valence-corrected chi connectivity index (χ0v) is 17.1. The summed E-state index contributed by atoms with van der Waals surface area (Å²) in [6.07, 6.45) is 0.931. The predicted molar refractivity (Wildman–Crippen MR) is 116 cm³/mol. The molecule has 0 saturated heterocycles. The number of rotatable bonds is 6. The predicted octanol–water partition coefficient (Wildman–Crippen LogP) is 5.22. The molecule has 0 aliphatic heterocycles. The lowest BCUT2D eigenvalue weighted by Crippen LogP contribution is -2.40. The molecule has 0 aliphatic carbocycles. The van der Waals surface area contributed by atoms with Gasteiger partial charge in [0.25, 0.3) is 5.00 Å². The summed E-state index contributed by atoms with van der Waals surface area (Å²) in [5.74, 6) is 0.136. The first-order valence-corrected chi connectivity index (χ1v) is 11.3. The van der Waals surface area contributed by atoms with Crippen LogP contribution in [0.5, 0.6) is 5.88 Å². The Labute approximate surface area is 174 Å². The SMILES string of the molecule is CS(=O)(=O)[C@@](F)(c1ccccc1)[C@@H](Oc1ccccn1)c1ccc2ccccc2c1. The molecule has 1 heterocycles. The minimum absolute atomic E-state index is 0.00147. The van der Waals surface area contributed by atoms with E-state index in [2.05, 4.69) is 4.98 Å². The molecule has 4 rings (SSSR count). The maximum absolute atomic E-state index is 16.7. The van der Waals surface area contributed by atoms with E-state index in [1.54, 1.807) is 48.5 Å². The minimum atomic E-state index is -4.26. The average molecular weight is 421 g/mol. The Hall–Kier alpha value is -3.25. The Morgan fingerprint density at radius 1 is 0.867 bits per heavy atom. The zero-order valence-electron chi connectivity index (χ0n) is 16.3. The van der Waals surface area contributed by atoms with Gasteiger partial charge in [-0.25, -0.2) is 17.8 Å². The summed E-state index contributed by atoms with van der Waals surface area (Å²) in [6.45, 7) is 0. The van der Waals surface area contributed by atoms with E-state index in [9.17, 15) is 8.42 Å². The van der Waals surface area contributed by atoms with Crippen molar-refractivity contribution < 1.29 is 17.5 Å². The van der Waals surface area contributed by atoms with Gasteiger partial charge in [-0.05, 0) is 28.5 Å². The van der Waals surface area contributed by atoms with Crippen LogP contribution in [0.25, 0.3) is 10.8 Å². The molecular weight excluding hydrogens is 401 g/mol. The number of halogens is 1. The number of alkyl halides is 1. The van der Waals surface area contributed by atoms with Gasteiger partial charge in [-0.3, -0.25) is 0 Å². The molecular formula is C24H20FNO3S. The van der Waals surface area contributed by atoms with Crippen molar-refractivity contribution in [3.8, 4) is 5.88 Å². The minimum Gasteiger partial charge on any atom is -0.464 e. The molecule has 3 aromatic carbocycles. The van der Waals surface area contributed by atoms with Crippen molar-refractivity contribution in [3.05, 3.63) is 108 Å². The third-order valence-corrected chi connectivity index (χ3v) is 6.53. The van der Waals surface area contributed by atoms with E-state index in [-0.39, 0.29) is 11.4 Å². The van der Waals surface area contributed by atoms with Gasteiger partial charge in [-0.2, -0.15) is 0 Å². The molecule has 0 spiro atoms. The number of hydrogen-bond donors (Lipinski definition) is 0. The van der Waals surface area contributed by atoms with Crippen LogP contribution in [0.15, 0.2) is 97.2 Å². The lowest BCUT2D eigenvalue weighted by atomic mass is 9.96. The first-order valence-electron chi connectivity index (χ1n) is 9.40. The van der Waals surface area contributed by atoms with Crippen LogP contribution in [0.1, 0.15) is 17.2 Å². The molecule has 0 radical (unpaired) electrons. The summed E-state index contributed by atoms with van der Waals surface area (Å²) in [4.78, 5) is 4.11. The number of fused-ring (bicyclic) bond motifs is 1. The van der Waals surface area contributed by atoms with Gasteiger partial charge in [0.15, 0.2) is 15.9 Å². The fourth-order valence-electron chi connectivity index (χ4n) is 3.49. The normalized spacial score (nSPS) is 14.7. The largest absolute Gasteiger partial charge is 0.464 e. The first-order chi connectivity index (χ1) is 14.4. The van der Waals surface area contributed by atoms with E-state index in [1.807, 2.05) is 30.3 Å². The van der Waals surface area contributed by atoms with Crippen molar-refractivity contribution in [2.75, 3.05) is 6.26 Å². The maximum Gasteiger partial charge on any atom is 0.275 e. The van der Waals surface area contributed by atoms with Gasteiger partial charge < -0.3 is 4.74 Å². The van der Waals surface area contributed by atoms with E-state index in [0.717, 1.165) is 17.0 Å². The molecule has 4 aromatic rings. The Morgan fingerprint density at radius 3 is 2.20 bits per heavy atom. The van der Waals surface area contributed by atoms with Gasteiger partial charge in [0.2, 0.25) is 5.88 Å². The third-order valence-electron chi connectivity index (χ3n) is 5.00. The lowest BCUT2D eigenvalue weighted by molar-refractivity contribution is 0.0623. The smallest absolute Gasteiger partial charge is 0.275 e. The Morgan fingerprint density at radius 2 is 1.53 bits per heavy atom. The van der Waals surface area contributed by atoms with Crippen molar-refractivity contribution in [2.24, 2.45) is 0 Å². The number of aromatic nitrogens is 1. The molecule has 6 heteroatoms. The van der Waals surface area contributed by atoms with Crippen LogP contribution >= 0.6 is 0 Å². The maximum atomic E-state index is 16.7. The van der Waals surface area contributed by atoms with Gasteiger partial charge in [-0.15, -0.1) is 0 Å². The van der Waals surface area contributed by atoms with E-state index < -0.39 is 20.9 Å². The molecule has 4 nitrogen and oxygen atoms in total. The van der Waals surface area contributed by atoms with E-state index in [0.29, 0.717) is 5.56 Å². The Kier molecular flexibility index (Phi) is 5.26. The molecule has 30 heavy (non-hydrogen) atoms. The molecule has 0 amide bonds. The zero-order chi connectivity index (χ0) is 21.2. The van der Waals surface area contributed by atoms with Gasteiger partial charge in [0, 0.05) is 24.1 Å². The summed E-state index contributed by atoms with van der Waals surface area (Å²) >= 11 is 0. The highest BCUT2D eigenvalue weighted by Gasteiger charge is 2.53. The van der Waals surface area contributed by atoms with Crippen molar-refractivity contribution in [2.45, 2.75) is 11.1 Å². The summed E-state index contributed by atoms with van der Waals surface area (Å²) < 4.78 is 48.4. The summed E-state index contributed by atoms with van der Waals surface area (Å²) in [7, 11) is -4.26. The summed E-state index contributed by atoms with van der Waals surface area (Å²) in [5, 5.41) is -1.01.